The van der Waals surface area contributed by atoms with Crippen LogP contribution in [0.2, 0.25) is 34.8 Å². The van der Waals surface area contributed by atoms with Gasteiger partial charge in [-0.3, -0.25) is 14.4 Å². The first-order valence-corrected chi connectivity index (χ1v) is 34.2. The first kappa shape index (κ1) is 65.2. The largest absolute Gasteiger partial charge is 0.509 e. The molecule has 12 atom stereocenters. The third kappa shape index (κ3) is 11.7. The van der Waals surface area contributed by atoms with Crippen LogP contribution in [-0.2, 0) is 66.0 Å². The van der Waals surface area contributed by atoms with Crippen LogP contribution in [0.1, 0.15) is 167 Å². The topological polar surface area (TPSA) is 215 Å². The number of amides is 1. The predicted octanol–water partition coefficient (Wildman–Crippen LogP) is 11.5. The summed E-state index contributed by atoms with van der Waals surface area (Å²) >= 11 is 0. The first-order chi connectivity index (χ1) is 38.0. The van der Waals surface area contributed by atoms with Gasteiger partial charge in [0.05, 0.1) is 35.6 Å². The quantitative estimate of drug-likeness (QED) is 0.0254. The first-order valence-electron chi connectivity index (χ1n) is 29.6. The molecule has 2 unspecified atom stereocenters. The van der Waals surface area contributed by atoms with E-state index in [-0.39, 0.29) is 58.7 Å². The average Bonchev–Trinajstić information content (AvgIpc) is 4.01. The van der Waals surface area contributed by atoms with E-state index in [0.717, 1.165) is 18.4 Å². The second-order valence-corrected chi connectivity index (χ2v) is 35.1. The Bertz CT molecular complexity index is 2570. The Kier molecular flexibility index (Phi) is 20.5. The van der Waals surface area contributed by atoms with Crippen molar-refractivity contribution in [3.8, 4) is 0 Å². The zero-order valence-corrected chi connectivity index (χ0v) is 53.4. The minimum absolute atomic E-state index is 0.0428. The maximum atomic E-state index is 17.0. The maximum absolute atomic E-state index is 17.0. The van der Waals surface area contributed by atoms with Gasteiger partial charge in [0.1, 0.15) is 6.10 Å². The molecule has 2 bridgehead atoms. The predicted molar refractivity (Wildman–Crippen MR) is 310 cm³/mol. The minimum atomic E-state index is -3.06. The summed E-state index contributed by atoms with van der Waals surface area (Å²) in [6.45, 7) is 33.6. The highest BCUT2D eigenvalue weighted by Crippen LogP contribution is 2.67. The van der Waals surface area contributed by atoms with Crippen LogP contribution in [-0.4, -0.2) is 125 Å². The van der Waals surface area contributed by atoms with Crippen LogP contribution in [0, 0.1) is 16.7 Å². The van der Waals surface area contributed by atoms with Crippen molar-refractivity contribution >= 4 is 58.4 Å². The summed E-state index contributed by atoms with van der Waals surface area (Å²) in [4.78, 5) is 105. The van der Waals surface area contributed by atoms with Crippen molar-refractivity contribution in [2.24, 2.45) is 16.7 Å². The molecular weight excluding hydrogens is 1070 g/mol. The molecule has 1 N–H and O–H groups in total. The number of allylic oxidation sites excluding steroid dienone is 2. The zero-order chi connectivity index (χ0) is 60.4. The molecule has 1 amide bonds. The maximum Gasteiger partial charge on any atom is 0.509 e. The van der Waals surface area contributed by atoms with Crippen molar-refractivity contribution in [3.63, 3.8) is 0 Å². The Labute approximate surface area is 482 Å². The highest BCUT2D eigenvalue weighted by molar-refractivity contribution is 6.77. The molecule has 0 radical (unpaired) electrons. The van der Waals surface area contributed by atoms with Crippen molar-refractivity contribution in [2.75, 3.05) is 6.61 Å². The van der Waals surface area contributed by atoms with Crippen molar-refractivity contribution in [1.29, 1.82) is 0 Å². The number of rotatable bonds is 24. The molecule has 2 saturated heterocycles. The smallest absolute Gasteiger partial charge is 0.454 e. The number of ketones is 1. The van der Waals surface area contributed by atoms with Crippen molar-refractivity contribution in [1.82, 2.24) is 5.32 Å². The Hall–Kier alpha value is -4.96. The molecule has 81 heavy (non-hydrogen) atoms. The lowest BCUT2D eigenvalue weighted by Crippen LogP contribution is -2.83. The number of hydrogen-bond acceptors (Lipinski definition) is 16. The highest BCUT2D eigenvalue weighted by Gasteiger charge is 2.83. The van der Waals surface area contributed by atoms with Gasteiger partial charge in [0, 0.05) is 31.3 Å². The molecule has 0 aromatic heterocycles. The molecule has 2 aliphatic heterocycles. The molecule has 6 rings (SSSR count). The molecule has 450 valence electrons. The number of unbranched alkanes of at least 4 members (excludes halogenated alkanes) is 2. The van der Waals surface area contributed by atoms with Crippen LogP contribution in [0.4, 0.5) is 4.79 Å². The Morgan fingerprint density at radius 3 is 1.99 bits per heavy atom. The number of Topliss-reactive ketones (excluding diaryl/α,β-unsaturated/α-hetero) is 1. The van der Waals surface area contributed by atoms with Crippen LogP contribution in [0.3, 0.4) is 0 Å². The van der Waals surface area contributed by atoms with Crippen LogP contribution in [0.5, 0.6) is 0 Å². The second-order valence-electron chi connectivity index (χ2n) is 25.0. The van der Waals surface area contributed by atoms with E-state index in [2.05, 4.69) is 46.9 Å². The lowest BCUT2D eigenvalue weighted by Gasteiger charge is -2.68. The van der Waals surface area contributed by atoms with Crippen LogP contribution < -0.4 is 5.32 Å². The van der Waals surface area contributed by atoms with E-state index in [4.69, 9.17) is 42.0 Å². The molecule has 5 aliphatic rings. The van der Waals surface area contributed by atoms with Gasteiger partial charge in [0.2, 0.25) is 19.8 Å². The Morgan fingerprint density at radius 1 is 0.852 bits per heavy atom. The number of esters is 4. The van der Waals surface area contributed by atoms with Gasteiger partial charge in [-0.15, -0.1) is 0 Å². The van der Waals surface area contributed by atoms with Crippen LogP contribution in [0.25, 0.3) is 0 Å². The summed E-state index contributed by atoms with van der Waals surface area (Å²) in [6, 6.07) is 9.09. The molecule has 1 aromatic carbocycles. The van der Waals surface area contributed by atoms with E-state index in [9.17, 15) is 19.2 Å². The fraction of sp³-hybridized carbons (Fsp3) is 0.694. The van der Waals surface area contributed by atoms with Crippen LogP contribution in [0.15, 0.2) is 65.3 Å². The lowest BCUT2D eigenvalue weighted by atomic mass is 9.44. The summed E-state index contributed by atoms with van der Waals surface area (Å²) < 4.78 is 61.4. The third-order valence-corrected chi connectivity index (χ3v) is 29.6. The molecule has 17 nitrogen and oxygen atoms in total. The normalized spacial score (nSPS) is 29.4. The molecule has 4 fully saturated rings. The fourth-order valence-electron chi connectivity index (χ4n) is 14.8. The number of benzene rings is 1. The lowest BCUT2D eigenvalue weighted by molar-refractivity contribution is -0.344. The summed E-state index contributed by atoms with van der Waals surface area (Å²) in [5.74, 6) is -5.92. The van der Waals surface area contributed by atoms with Gasteiger partial charge in [0.25, 0.3) is 0 Å². The third-order valence-electron chi connectivity index (χ3n) is 18.9. The standard InChI is InChI=1S/C62H93NO16Si2/c1-19-24-26-32-46(65)63-43(33-36(6)7)50(79-81(37(8)9,38(10)11)39(12)13)57(69)73-49-40(14)48-51(72-47(66)29-20-2)53(67)60(18)44(78-80(21-3,22-4)23-5)34-45-61(35-71-45,76-41(15)64)52(60)55(74-56(68)42-30-27-25-28-31-42)62(59(48,16)17)54(49)75-58(70)77-62/h20,25,27-31,33,37-39,43-45,49-52,54-55H,19,21-24,26,32,34-35H2,1-18H3,(H,63,65)/b29-20+/t43-,44-,45+,49+,50+,51+,52?,54-,55?,60+,61-,62+/m0/s1. The van der Waals surface area contributed by atoms with Crippen molar-refractivity contribution in [3.05, 3.63) is 70.8 Å². The molecule has 1 spiro atoms. The SMILES string of the molecule is C/C=C/C(=O)O[C@H]1C(=O)[C@@]2(C)C(C(OC(=O)c3ccccc3)[C@]34OC(=O)O[C@H]3[C@H](OC(=O)[C@H](O[Si](C(C)C)(C(C)C)C(C)C)[C@H](C=C(C)C)NC(=O)CCCCC)C(C)=C1C4(C)C)[C@]1(OC(C)=O)CO[C@@H]1C[C@@H]2O[Si](CC)(CC)CC. The van der Waals surface area contributed by atoms with Gasteiger partial charge < -0.3 is 47.3 Å². The van der Waals surface area contributed by atoms with E-state index in [1.54, 1.807) is 71.0 Å². The number of hydrogen-bond donors (Lipinski definition) is 1. The molecule has 2 saturated carbocycles. The number of ether oxygens (including phenoxy) is 7. The van der Waals surface area contributed by atoms with E-state index in [1.807, 2.05) is 41.5 Å². The van der Waals surface area contributed by atoms with Gasteiger partial charge in [0.15, 0.2) is 50.2 Å². The van der Waals surface area contributed by atoms with Gasteiger partial charge >= 0.3 is 30.0 Å². The second kappa shape index (κ2) is 25.5. The molecule has 3 aliphatic carbocycles. The number of carbonyl (C=O) groups is 7. The van der Waals surface area contributed by atoms with E-state index >= 15 is 14.4 Å². The summed E-state index contributed by atoms with van der Waals surface area (Å²) in [5.41, 5.74) is -6.72. The van der Waals surface area contributed by atoms with E-state index in [0.29, 0.717) is 24.6 Å². The molecule has 1 aromatic rings. The monoisotopic (exact) mass is 1160 g/mol. The van der Waals surface area contributed by atoms with Gasteiger partial charge in [-0.05, 0) is 99.1 Å². The van der Waals surface area contributed by atoms with Gasteiger partial charge in [-0.2, -0.15) is 0 Å². The molecule has 19 heteroatoms. The number of fused-ring (bicyclic) bond motifs is 4. The van der Waals surface area contributed by atoms with Crippen LogP contribution >= 0.6 is 0 Å². The molecule has 2 heterocycles. The van der Waals surface area contributed by atoms with E-state index < -0.39 is 129 Å². The van der Waals surface area contributed by atoms with Crippen molar-refractivity contribution < 1.29 is 75.6 Å². The van der Waals surface area contributed by atoms with Gasteiger partial charge in [-0.1, -0.05) is 132 Å². The molecular formula is C62H93NO16Si2. The summed E-state index contributed by atoms with van der Waals surface area (Å²) in [7, 11) is -5.79. The Balaban J connectivity index is 1.75. The van der Waals surface area contributed by atoms with Crippen molar-refractivity contribution in [2.45, 2.75) is 251 Å². The summed E-state index contributed by atoms with van der Waals surface area (Å²) in [5, 5.41) is 3.12. The summed E-state index contributed by atoms with van der Waals surface area (Å²) in [6.07, 6.45) is -4.71. The average molecular weight is 1160 g/mol. The zero-order valence-electron chi connectivity index (χ0n) is 51.4. The Morgan fingerprint density at radius 2 is 1.47 bits per heavy atom. The van der Waals surface area contributed by atoms with E-state index in [1.165, 1.54) is 19.1 Å². The minimum Gasteiger partial charge on any atom is -0.454 e. The number of carbonyl (C=O) groups excluding carboxylic acids is 7. The van der Waals surface area contributed by atoms with Gasteiger partial charge in [-0.25, -0.2) is 19.2 Å². The highest BCUT2D eigenvalue weighted by atomic mass is 28.4. The fourth-order valence-corrected chi connectivity index (χ4v) is 23.2. The number of nitrogens with one attached hydrogen (secondary N) is 1.